The molecule has 1 aromatic carbocycles. The number of benzene rings is 1. The van der Waals surface area contributed by atoms with Crippen molar-refractivity contribution in [3.05, 3.63) is 48.5 Å². The van der Waals surface area contributed by atoms with Crippen LogP contribution in [-0.2, 0) is 4.79 Å². The lowest BCUT2D eigenvalue weighted by molar-refractivity contribution is -0.125. The lowest BCUT2D eigenvalue weighted by atomic mass is 9.81. The highest BCUT2D eigenvalue weighted by Crippen LogP contribution is 2.34. The van der Waals surface area contributed by atoms with Gasteiger partial charge in [-0.1, -0.05) is 18.2 Å². The molecule has 0 atom stereocenters. The molecule has 0 radical (unpaired) electrons. The Labute approximate surface area is 149 Å². The van der Waals surface area contributed by atoms with Crippen LogP contribution in [-0.4, -0.2) is 27.8 Å². The standard InChI is InChI=1S/C19H17N3O4/c1-11(23)16-10-21-19(26-16)22-18(24)13-8-14(9-13)25-15-6-2-4-12-5-3-7-20-17(12)15/h2-7,10,13-14H,8-9H2,1H3,(H,21,22,24)/t13-,14-. The number of ketones is 1. The first-order valence-corrected chi connectivity index (χ1v) is 8.38. The monoisotopic (exact) mass is 351 g/mol. The molecule has 0 aliphatic heterocycles. The van der Waals surface area contributed by atoms with E-state index in [1.807, 2.05) is 30.3 Å². The third kappa shape index (κ3) is 3.15. The van der Waals surface area contributed by atoms with E-state index in [0.717, 1.165) is 16.7 Å². The number of fused-ring (bicyclic) bond motifs is 1. The number of carbonyl (C=O) groups is 2. The van der Waals surface area contributed by atoms with Gasteiger partial charge in [0.25, 0.3) is 0 Å². The number of carbonyl (C=O) groups excluding carboxylic acids is 2. The molecule has 26 heavy (non-hydrogen) atoms. The Balaban J connectivity index is 1.34. The van der Waals surface area contributed by atoms with E-state index in [1.54, 1.807) is 6.20 Å². The molecule has 1 aliphatic carbocycles. The van der Waals surface area contributed by atoms with E-state index in [-0.39, 0.29) is 35.5 Å². The minimum absolute atomic E-state index is 0.0318. The van der Waals surface area contributed by atoms with Crippen molar-refractivity contribution in [2.45, 2.75) is 25.9 Å². The Morgan fingerprint density at radius 2 is 2.00 bits per heavy atom. The summed E-state index contributed by atoms with van der Waals surface area (Å²) in [5.41, 5.74) is 0.819. The third-order valence-electron chi connectivity index (χ3n) is 4.44. The average molecular weight is 351 g/mol. The second kappa shape index (κ2) is 6.59. The summed E-state index contributed by atoms with van der Waals surface area (Å²) in [5, 5.41) is 3.61. The average Bonchev–Trinajstić information content (AvgIpc) is 3.06. The Bertz CT molecular complexity index is 970. The molecule has 3 aromatic rings. The number of amides is 1. The summed E-state index contributed by atoms with van der Waals surface area (Å²) < 4.78 is 11.2. The summed E-state index contributed by atoms with van der Waals surface area (Å²) in [6.07, 6.45) is 4.22. The van der Waals surface area contributed by atoms with Gasteiger partial charge in [-0.3, -0.25) is 19.9 Å². The summed E-state index contributed by atoms with van der Waals surface area (Å²) in [5.74, 6) is 0.261. The fourth-order valence-corrected chi connectivity index (χ4v) is 2.93. The van der Waals surface area contributed by atoms with Crippen molar-refractivity contribution in [1.29, 1.82) is 0 Å². The van der Waals surface area contributed by atoms with Gasteiger partial charge in [-0.15, -0.1) is 0 Å². The highest BCUT2D eigenvalue weighted by Gasteiger charge is 2.37. The molecular weight excluding hydrogens is 334 g/mol. The van der Waals surface area contributed by atoms with E-state index in [1.165, 1.54) is 13.1 Å². The zero-order valence-corrected chi connectivity index (χ0v) is 14.1. The highest BCUT2D eigenvalue weighted by atomic mass is 16.5. The number of ether oxygens (including phenoxy) is 1. The molecule has 1 N–H and O–H groups in total. The van der Waals surface area contributed by atoms with E-state index in [0.29, 0.717) is 12.8 Å². The number of rotatable bonds is 5. The van der Waals surface area contributed by atoms with Crippen molar-refractivity contribution in [2.24, 2.45) is 5.92 Å². The maximum atomic E-state index is 12.2. The van der Waals surface area contributed by atoms with Gasteiger partial charge in [0, 0.05) is 24.4 Å². The maximum Gasteiger partial charge on any atom is 0.302 e. The smallest absolute Gasteiger partial charge is 0.302 e. The van der Waals surface area contributed by atoms with Crippen molar-refractivity contribution in [1.82, 2.24) is 9.97 Å². The normalized spacial score (nSPS) is 19.0. The molecule has 2 aromatic heterocycles. The SMILES string of the molecule is CC(=O)c1cnc(NC(=O)[C@H]2C[C@H](Oc3cccc4cccnc34)C2)o1. The number of nitrogens with zero attached hydrogens (tertiary/aromatic N) is 2. The van der Waals surface area contributed by atoms with Crippen molar-refractivity contribution in [2.75, 3.05) is 5.32 Å². The molecule has 1 saturated carbocycles. The zero-order valence-electron chi connectivity index (χ0n) is 14.1. The molecule has 0 spiro atoms. The van der Waals surface area contributed by atoms with Gasteiger partial charge >= 0.3 is 6.01 Å². The first-order valence-electron chi connectivity index (χ1n) is 8.38. The molecule has 0 unspecified atom stereocenters. The minimum Gasteiger partial charge on any atom is -0.488 e. The molecule has 0 bridgehead atoms. The van der Waals surface area contributed by atoms with Crippen LogP contribution in [0.15, 0.2) is 47.1 Å². The molecule has 1 amide bonds. The summed E-state index contributed by atoms with van der Waals surface area (Å²) >= 11 is 0. The predicted octanol–water partition coefficient (Wildman–Crippen LogP) is 3.22. The topological polar surface area (TPSA) is 94.3 Å². The van der Waals surface area contributed by atoms with E-state index < -0.39 is 0 Å². The van der Waals surface area contributed by atoms with Crippen LogP contribution in [0.4, 0.5) is 6.01 Å². The Morgan fingerprint density at radius 3 is 2.77 bits per heavy atom. The molecule has 7 nitrogen and oxygen atoms in total. The number of para-hydroxylation sites is 1. The Morgan fingerprint density at radius 1 is 1.19 bits per heavy atom. The number of hydrogen-bond donors (Lipinski definition) is 1. The van der Waals surface area contributed by atoms with Crippen LogP contribution < -0.4 is 10.1 Å². The van der Waals surface area contributed by atoms with E-state index in [2.05, 4.69) is 15.3 Å². The van der Waals surface area contributed by atoms with E-state index >= 15 is 0 Å². The van der Waals surface area contributed by atoms with Gasteiger partial charge in [0.05, 0.1) is 6.20 Å². The molecule has 2 heterocycles. The van der Waals surface area contributed by atoms with Gasteiger partial charge in [-0.05, 0) is 25.0 Å². The van der Waals surface area contributed by atoms with Crippen molar-refractivity contribution in [3.63, 3.8) is 0 Å². The van der Waals surface area contributed by atoms with Crippen LogP contribution in [0.25, 0.3) is 10.9 Å². The number of hydrogen-bond acceptors (Lipinski definition) is 6. The number of pyridine rings is 1. The zero-order chi connectivity index (χ0) is 18.1. The van der Waals surface area contributed by atoms with Gasteiger partial charge in [0.15, 0.2) is 11.5 Å². The first-order chi connectivity index (χ1) is 12.6. The summed E-state index contributed by atoms with van der Waals surface area (Å²) in [6.45, 7) is 1.38. The van der Waals surface area contributed by atoms with Crippen molar-refractivity contribution >= 4 is 28.6 Å². The molecular formula is C19H17N3O4. The van der Waals surface area contributed by atoms with Crippen LogP contribution in [0.5, 0.6) is 5.75 Å². The van der Waals surface area contributed by atoms with Crippen molar-refractivity contribution in [3.8, 4) is 5.75 Å². The number of oxazole rings is 1. The van der Waals surface area contributed by atoms with Gasteiger partial charge < -0.3 is 9.15 Å². The predicted molar refractivity (Wildman–Crippen MR) is 94.0 cm³/mol. The van der Waals surface area contributed by atoms with Gasteiger partial charge in [0.1, 0.15) is 17.4 Å². The lowest BCUT2D eigenvalue weighted by Crippen LogP contribution is -2.40. The van der Waals surface area contributed by atoms with Gasteiger partial charge in [-0.25, -0.2) is 4.98 Å². The molecule has 7 heteroatoms. The fourth-order valence-electron chi connectivity index (χ4n) is 2.93. The van der Waals surface area contributed by atoms with Crippen LogP contribution >= 0.6 is 0 Å². The Hall–Kier alpha value is -3.22. The van der Waals surface area contributed by atoms with Gasteiger partial charge in [0.2, 0.25) is 5.91 Å². The van der Waals surface area contributed by atoms with Crippen LogP contribution in [0, 0.1) is 5.92 Å². The van der Waals surface area contributed by atoms with Gasteiger partial charge in [-0.2, -0.15) is 0 Å². The lowest BCUT2D eigenvalue weighted by Gasteiger charge is -2.34. The van der Waals surface area contributed by atoms with Crippen molar-refractivity contribution < 1.29 is 18.7 Å². The largest absolute Gasteiger partial charge is 0.488 e. The molecule has 1 fully saturated rings. The fraction of sp³-hybridized carbons (Fsp3) is 0.263. The third-order valence-corrected chi connectivity index (χ3v) is 4.44. The molecule has 1 aliphatic rings. The van der Waals surface area contributed by atoms with Crippen LogP contribution in [0.1, 0.15) is 30.3 Å². The summed E-state index contributed by atoms with van der Waals surface area (Å²) in [4.78, 5) is 31.7. The van der Waals surface area contributed by atoms with Crippen LogP contribution in [0.3, 0.4) is 0 Å². The summed E-state index contributed by atoms with van der Waals surface area (Å²) in [7, 11) is 0. The van der Waals surface area contributed by atoms with Crippen LogP contribution in [0.2, 0.25) is 0 Å². The molecule has 4 rings (SSSR count). The second-order valence-electron chi connectivity index (χ2n) is 6.31. The van der Waals surface area contributed by atoms with E-state index in [9.17, 15) is 9.59 Å². The number of Topliss-reactive ketones (excluding diaryl/α,β-unsaturated/α-hetero) is 1. The second-order valence-corrected chi connectivity index (χ2v) is 6.31. The minimum atomic E-state index is -0.237. The number of nitrogens with one attached hydrogen (secondary N) is 1. The Kier molecular flexibility index (Phi) is 4.12. The quantitative estimate of drug-likeness (QED) is 0.709. The number of aromatic nitrogens is 2. The summed E-state index contributed by atoms with van der Waals surface area (Å²) in [6, 6.07) is 9.71. The molecule has 0 saturated heterocycles. The first kappa shape index (κ1) is 16.3. The maximum absolute atomic E-state index is 12.2. The molecule has 132 valence electrons. The number of anilines is 1. The van der Waals surface area contributed by atoms with E-state index in [4.69, 9.17) is 9.15 Å². The highest BCUT2D eigenvalue weighted by molar-refractivity contribution is 5.93.